The average molecular weight is 821 g/mol. The smallest absolute Gasteiger partial charge is 0.0541 e. The van der Waals surface area contributed by atoms with Crippen LogP contribution >= 0.6 is 15.9 Å². The molecule has 59 heavy (non-hydrogen) atoms. The van der Waals surface area contributed by atoms with Crippen molar-refractivity contribution in [3.8, 4) is 33.6 Å². The van der Waals surface area contributed by atoms with Crippen molar-refractivity contribution in [2.75, 3.05) is 0 Å². The molecular weight excluding hydrogens is 783 g/mol. The van der Waals surface area contributed by atoms with Crippen LogP contribution in [-0.2, 0) is 6.54 Å². The number of nitrogens with zero attached hydrogens (tertiary/aromatic N) is 3. The van der Waals surface area contributed by atoms with Gasteiger partial charge in [-0.2, -0.15) is 0 Å². The van der Waals surface area contributed by atoms with Gasteiger partial charge < -0.3 is 13.7 Å². The number of para-hydroxylation sites is 4. The molecule has 1 aliphatic carbocycles. The SMILES string of the molecule is BrC1=C(Cn2c3ccc(-c4ccc5c(c4)c4ccccc4n5-c4ccccc4)cc3c3cc(-c4ccc5c(c4)c4ccccc4n5-c4ccccc4)ccc32)C=CCC1. The van der Waals surface area contributed by atoms with E-state index >= 15 is 0 Å². The first-order valence-electron chi connectivity index (χ1n) is 20.5. The molecule has 0 radical (unpaired) electrons. The fraction of sp³-hybridized carbons (Fsp3) is 0.0545. The molecule has 280 valence electrons. The van der Waals surface area contributed by atoms with Gasteiger partial charge in [-0.3, -0.25) is 0 Å². The lowest BCUT2D eigenvalue weighted by molar-refractivity contribution is 0.843. The fourth-order valence-corrected chi connectivity index (χ4v) is 10.1. The number of rotatable bonds is 6. The number of halogens is 1. The molecule has 0 amide bonds. The highest BCUT2D eigenvalue weighted by Crippen LogP contribution is 2.41. The third-order valence-electron chi connectivity index (χ3n) is 12.4. The maximum absolute atomic E-state index is 3.93. The topological polar surface area (TPSA) is 14.8 Å². The third-order valence-corrected chi connectivity index (χ3v) is 13.3. The van der Waals surface area contributed by atoms with Gasteiger partial charge in [-0.25, -0.2) is 0 Å². The molecule has 1 aliphatic rings. The van der Waals surface area contributed by atoms with Gasteiger partial charge in [-0.15, -0.1) is 0 Å². The van der Waals surface area contributed by atoms with Crippen LogP contribution in [0.5, 0.6) is 0 Å². The average Bonchev–Trinajstić information content (AvgIpc) is 3.92. The Labute approximate surface area is 350 Å². The van der Waals surface area contributed by atoms with E-state index in [0.29, 0.717) is 0 Å². The van der Waals surface area contributed by atoms with Crippen molar-refractivity contribution >= 4 is 81.3 Å². The van der Waals surface area contributed by atoms with Crippen molar-refractivity contribution in [1.29, 1.82) is 0 Å². The van der Waals surface area contributed by atoms with Crippen molar-refractivity contribution in [2.45, 2.75) is 19.4 Å². The molecule has 0 bridgehead atoms. The number of fused-ring (bicyclic) bond motifs is 9. The molecule has 4 heteroatoms. The van der Waals surface area contributed by atoms with Gasteiger partial charge in [0.05, 0.1) is 22.1 Å². The molecule has 12 rings (SSSR count). The van der Waals surface area contributed by atoms with Gasteiger partial charge in [0, 0.05) is 65.8 Å². The highest BCUT2D eigenvalue weighted by Gasteiger charge is 2.19. The molecule has 0 saturated heterocycles. The zero-order chi connectivity index (χ0) is 39.0. The van der Waals surface area contributed by atoms with Crippen LogP contribution in [0.1, 0.15) is 12.8 Å². The summed E-state index contributed by atoms with van der Waals surface area (Å²) in [7, 11) is 0. The van der Waals surface area contributed by atoms with Gasteiger partial charge in [0.25, 0.3) is 0 Å². The summed E-state index contributed by atoms with van der Waals surface area (Å²) in [5, 5.41) is 7.58. The molecule has 0 saturated carbocycles. The Hall–Kier alpha value is -6.88. The number of allylic oxidation sites excluding steroid dienone is 4. The summed E-state index contributed by atoms with van der Waals surface area (Å²) in [4.78, 5) is 0. The Kier molecular flexibility index (Phi) is 7.89. The molecular formula is C55H38BrN3. The van der Waals surface area contributed by atoms with Crippen LogP contribution in [0.4, 0.5) is 0 Å². The lowest BCUT2D eigenvalue weighted by atomic mass is 9.98. The zero-order valence-corrected chi connectivity index (χ0v) is 33.9. The van der Waals surface area contributed by atoms with Crippen molar-refractivity contribution in [3.63, 3.8) is 0 Å². The lowest BCUT2D eigenvalue weighted by Gasteiger charge is -2.14. The third kappa shape index (κ3) is 5.47. The molecule has 0 unspecified atom stereocenters. The highest BCUT2D eigenvalue weighted by molar-refractivity contribution is 9.11. The van der Waals surface area contributed by atoms with Crippen LogP contribution < -0.4 is 0 Å². The molecule has 0 fully saturated rings. The molecule has 3 aromatic heterocycles. The van der Waals surface area contributed by atoms with Gasteiger partial charge in [0.1, 0.15) is 0 Å². The van der Waals surface area contributed by atoms with Crippen molar-refractivity contribution in [3.05, 3.63) is 204 Å². The first-order chi connectivity index (χ1) is 29.2. The predicted molar refractivity (Wildman–Crippen MR) is 253 cm³/mol. The predicted octanol–water partition coefficient (Wildman–Crippen LogP) is 15.3. The monoisotopic (exact) mass is 819 g/mol. The van der Waals surface area contributed by atoms with E-state index in [4.69, 9.17) is 0 Å². The molecule has 0 spiro atoms. The first-order valence-corrected chi connectivity index (χ1v) is 21.3. The highest BCUT2D eigenvalue weighted by atomic mass is 79.9. The van der Waals surface area contributed by atoms with Crippen LogP contribution in [0.25, 0.3) is 99.0 Å². The summed E-state index contributed by atoms with van der Waals surface area (Å²) in [6, 6.07) is 67.0. The molecule has 0 N–H and O–H groups in total. The summed E-state index contributed by atoms with van der Waals surface area (Å²) in [5.41, 5.74) is 15.9. The first kappa shape index (κ1) is 34.2. The Morgan fingerprint density at radius 1 is 0.390 bits per heavy atom. The van der Waals surface area contributed by atoms with Crippen molar-refractivity contribution in [1.82, 2.24) is 13.7 Å². The maximum Gasteiger partial charge on any atom is 0.0541 e. The summed E-state index contributed by atoms with van der Waals surface area (Å²) >= 11 is 3.93. The Balaban J connectivity index is 1.04. The molecule has 11 aromatic rings. The van der Waals surface area contributed by atoms with Crippen molar-refractivity contribution in [2.24, 2.45) is 0 Å². The number of aromatic nitrogens is 3. The molecule has 8 aromatic carbocycles. The summed E-state index contributed by atoms with van der Waals surface area (Å²) in [6.45, 7) is 0.811. The lowest BCUT2D eigenvalue weighted by Crippen LogP contribution is -2.02. The second-order valence-electron chi connectivity index (χ2n) is 15.8. The molecule has 3 nitrogen and oxygen atoms in total. The fourth-order valence-electron chi connectivity index (χ4n) is 9.64. The van der Waals surface area contributed by atoms with Gasteiger partial charge in [-0.05, 0) is 126 Å². The second-order valence-corrected chi connectivity index (χ2v) is 16.7. The van der Waals surface area contributed by atoms with Crippen molar-refractivity contribution < 1.29 is 0 Å². The van der Waals surface area contributed by atoms with Gasteiger partial charge >= 0.3 is 0 Å². The van der Waals surface area contributed by atoms with Crippen LogP contribution in [-0.4, -0.2) is 13.7 Å². The van der Waals surface area contributed by atoms with E-state index in [-0.39, 0.29) is 0 Å². The Morgan fingerprint density at radius 2 is 0.780 bits per heavy atom. The molecule has 0 aliphatic heterocycles. The Morgan fingerprint density at radius 3 is 1.24 bits per heavy atom. The molecule has 3 heterocycles. The zero-order valence-electron chi connectivity index (χ0n) is 32.3. The van der Waals surface area contributed by atoms with Crippen LogP contribution in [0.15, 0.2) is 204 Å². The van der Waals surface area contributed by atoms with Crippen LogP contribution in [0, 0.1) is 0 Å². The van der Waals surface area contributed by atoms with E-state index in [2.05, 4.69) is 224 Å². The van der Waals surface area contributed by atoms with Gasteiger partial charge in [0.15, 0.2) is 0 Å². The van der Waals surface area contributed by atoms with E-state index < -0.39 is 0 Å². The van der Waals surface area contributed by atoms with E-state index in [1.54, 1.807) is 0 Å². The number of hydrogen-bond donors (Lipinski definition) is 0. The Bertz CT molecular complexity index is 3310. The van der Waals surface area contributed by atoms with E-state index in [1.165, 1.54) is 109 Å². The molecule has 0 atom stereocenters. The second kappa shape index (κ2) is 13.6. The van der Waals surface area contributed by atoms with E-state index in [9.17, 15) is 0 Å². The number of hydrogen-bond acceptors (Lipinski definition) is 0. The largest absolute Gasteiger partial charge is 0.336 e. The van der Waals surface area contributed by atoms with E-state index in [1.807, 2.05) is 0 Å². The number of benzene rings is 8. The van der Waals surface area contributed by atoms with Gasteiger partial charge in [-0.1, -0.05) is 125 Å². The minimum Gasteiger partial charge on any atom is -0.336 e. The standard InChI is InChI=1S/C55H38BrN3/c56-49-20-10-7-13-40(49)35-57-50-27-23-36(38-25-29-54-45(31-38)43-18-8-11-21-52(43)58(54)41-14-3-1-4-15-41)33-47(50)48-34-37(24-28-51(48)57)39-26-30-55-46(32-39)44-19-9-12-22-53(44)59(55)42-16-5-2-6-17-42/h1-9,11-19,21-34H,10,20,35H2. The summed E-state index contributed by atoms with van der Waals surface area (Å²) in [5.74, 6) is 0. The normalized spacial score (nSPS) is 13.3. The van der Waals surface area contributed by atoms with Crippen LogP contribution in [0.2, 0.25) is 0 Å². The maximum atomic E-state index is 3.93. The summed E-state index contributed by atoms with van der Waals surface area (Å²) in [6.07, 6.45) is 6.73. The van der Waals surface area contributed by atoms with Gasteiger partial charge in [0.2, 0.25) is 0 Å². The minimum atomic E-state index is 0.811. The van der Waals surface area contributed by atoms with Crippen LogP contribution in [0.3, 0.4) is 0 Å². The summed E-state index contributed by atoms with van der Waals surface area (Å²) < 4.78 is 8.58. The minimum absolute atomic E-state index is 0.811. The quantitative estimate of drug-likeness (QED) is 0.159. The van der Waals surface area contributed by atoms with E-state index in [0.717, 1.165) is 19.4 Å².